The Morgan fingerprint density at radius 3 is 2.89 bits per heavy atom. The summed E-state index contributed by atoms with van der Waals surface area (Å²) < 4.78 is 2.84. The largest absolute Gasteiger partial charge is 0.297 e. The Morgan fingerprint density at radius 1 is 1.21 bits per heavy atom. The quantitative estimate of drug-likeness (QED) is 0.724. The lowest BCUT2D eigenvalue weighted by Gasteiger charge is -2.07. The van der Waals surface area contributed by atoms with E-state index in [1.807, 2.05) is 30.5 Å². The maximum absolute atomic E-state index is 5.34. The predicted molar refractivity (Wildman–Crippen MR) is 76.4 cm³/mol. The summed E-state index contributed by atoms with van der Waals surface area (Å²) in [5, 5.41) is 8.44. The first kappa shape index (κ1) is 10.9. The SMILES string of the molecule is S=c1[nH]nc(-c2ccnc3ccccc23)n1C1CC1. The van der Waals surface area contributed by atoms with E-state index in [0.717, 1.165) is 22.3 Å². The minimum Gasteiger partial charge on any atom is -0.297 e. The fourth-order valence-electron chi connectivity index (χ4n) is 2.46. The fourth-order valence-corrected chi connectivity index (χ4v) is 2.74. The van der Waals surface area contributed by atoms with Gasteiger partial charge in [-0.15, -0.1) is 0 Å². The zero-order valence-electron chi connectivity index (χ0n) is 10.2. The lowest BCUT2D eigenvalue weighted by atomic mass is 10.1. The van der Waals surface area contributed by atoms with E-state index in [0.29, 0.717) is 10.8 Å². The highest BCUT2D eigenvalue weighted by Crippen LogP contribution is 2.39. The zero-order valence-corrected chi connectivity index (χ0v) is 11.0. The molecule has 0 aliphatic heterocycles. The van der Waals surface area contributed by atoms with Gasteiger partial charge >= 0.3 is 0 Å². The molecule has 1 aliphatic carbocycles. The van der Waals surface area contributed by atoms with Gasteiger partial charge in [-0.1, -0.05) is 18.2 Å². The molecular formula is C14H12N4S. The molecule has 0 saturated heterocycles. The predicted octanol–water partition coefficient (Wildman–Crippen LogP) is 3.49. The van der Waals surface area contributed by atoms with E-state index >= 15 is 0 Å². The molecule has 1 saturated carbocycles. The first-order chi connectivity index (χ1) is 9.34. The van der Waals surface area contributed by atoms with Crippen LogP contribution in [0.25, 0.3) is 22.3 Å². The molecule has 4 nitrogen and oxygen atoms in total. The van der Waals surface area contributed by atoms with E-state index in [1.54, 1.807) is 0 Å². The van der Waals surface area contributed by atoms with Crippen molar-refractivity contribution in [2.75, 3.05) is 0 Å². The summed E-state index contributed by atoms with van der Waals surface area (Å²) in [6, 6.07) is 10.6. The molecular weight excluding hydrogens is 256 g/mol. The van der Waals surface area contributed by atoms with Crippen LogP contribution in [0.5, 0.6) is 0 Å². The Balaban J connectivity index is 2.03. The Morgan fingerprint density at radius 2 is 2.05 bits per heavy atom. The molecule has 1 aliphatic rings. The van der Waals surface area contributed by atoms with E-state index in [9.17, 15) is 0 Å². The first-order valence-electron chi connectivity index (χ1n) is 6.35. The molecule has 1 fully saturated rings. The van der Waals surface area contributed by atoms with E-state index < -0.39 is 0 Å². The van der Waals surface area contributed by atoms with Gasteiger partial charge in [0.25, 0.3) is 0 Å². The van der Waals surface area contributed by atoms with Crippen molar-refractivity contribution in [2.45, 2.75) is 18.9 Å². The summed E-state index contributed by atoms with van der Waals surface area (Å²) in [5.74, 6) is 0.922. The number of nitrogens with zero attached hydrogens (tertiary/aromatic N) is 3. The van der Waals surface area contributed by atoms with Crippen molar-refractivity contribution in [1.29, 1.82) is 0 Å². The van der Waals surface area contributed by atoms with Gasteiger partial charge in [0.05, 0.1) is 5.52 Å². The van der Waals surface area contributed by atoms with E-state index in [2.05, 4.69) is 25.8 Å². The number of fused-ring (bicyclic) bond motifs is 1. The molecule has 19 heavy (non-hydrogen) atoms. The van der Waals surface area contributed by atoms with Gasteiger partial charge in [-0.3, -0.25) is 14.6 Å². The lowest BCUT2D eigenvalue weighted by molar-refractivity contribution is 0.735. The molecule has 2 heterocycles. The molecule has 0 radical (unpaired) electrons. The van der Waals surface area contributed by atoms with E-state index in [-0.39, 0.29) is 0 Å². The van der Waals surface area contributed by atoms with Crippen LogP contribution in [-0.4, -0.2) is 19.7 Å². The summed E-state index contributed by atoms with van der Waals surface area (Å²) in [6.45, 7) is 0. The summed E-state index contributed by atoms with van der Waals surface area (Å²) in [7, 11) is 0. The molecule has 4 rings (SSSR count). The van der Waals surface area contributed by atoms with Crippen LogP contribution in [0.15, 0.2) is 36.5 Å². The van der Waals surface area contributed by atoms with Gasteiger partial charge in [0.15, 0.2) is 10.6 Å². The molecule has 3 aromatic rings. The number of aromatic nitrogens is 4. The molecule has 0 unspecified atom stereocenters. The van der Waals surface area contributed by atoms with Crippen LogP contribution in [-0.2, 0) is 0 Å². The molecule has 1 aromatic carbocycles. The van der Waals surface area contributed by atoms with E-state index in [4.69, 9.17) is 12.2 Å². The zero-order chi connectivity index (χ0) is 12.8. The molecule has 0 atom stereocenters. The summed E-state index contributed by atoms with van der Waals surface area (Å²) >= 11 is 5.34. The highest BCUT2D eigenvalue weighted by molar-refractivity contribution is 7.71. The minimum absolute atomic E-state index is 0.508. The van der Waals surface area contributed by atoms with Gasteiger partial charge < -0.3 is 0 Å². The third-order valence-corrected chi connectivity index (χ3v) is 3.79. The number of hydrogen-bond acceptors (Lipinski definition) is 3. The smallest absolute Gasteiger partial charge is 0.195 e. The average Bonchev–Trinajstić information content (AvgIpc) is 3.21. The van der Waals surface area contributed by atoms with Crippen LogP contribution >= 0.6 is 12.2 Å². The maximum atomic E-state index is 5.34. The summed E-state index contributed by atoms with van der Waals surface area (Å²) in [4.78, 5) is 4.39. The number of hydrogen-bond donors (Lipinski definition) is 1. The standard InChI is InChI=1S/C14H12N4S/c19-14-17-16-13(18(14)9-5-6-9)11-7-8-15-12-4-2-1-3-10(11)12/h1-4,7-9H,5-6H2,(H,17,19). The van der Waals surface area contributed by atoms with Crippen LogP contribution < -0.4 is 0 Å². The lowest BCUT2D eigenvalue weighted by Crippen LogP contribution is -1.98. The topological polar surface area (TPSA) is 46.5 Å². The van der Waals surface area contributed by atoms with E-state index in [1.165, 1.54) is 12.8 Å². The number of pyridine rings is 1. The molecule has 0 spiro atoms. The number of benzene rings is 1. The van der Waals surface area contributed by atoms with Crippen molar-refractivity contribution in [3.63, 3.8) is 0 Å². The van der Waals surface area contributed by atoms with Gasteiger partial charge in [0, 0.05) is 23.2 Å². The second-order valence-electron chi connectivity index (χ2n) is 4.83. The molecule has 94 valence electrons. The third-order valence-electron chi connectivity index (χ3n) is 3.51. The number of aromatic amines is 1. The van der Waals surface area contributed by atoms with Crippen molar-refractivity contribution in [2.24, 2.45) is 0 Å². The third kappa shape index (κ3) is 1.69. The average molecular weight is 268 g/mol. The number of nitrogens with one attached hydrogen (secondary N) is 1. The minimum atomic E-state index is 0.508. The molecule has 1 N–H and O–H groups in total. The van der Waals surface area contributed by atoms with Crippen molar-refractivity contribution >= 4 is 23.1 Å². The number of H-pyrrole nitrogens is 1. The van der Waals surface area contributed by atoms with Crippen LogP contribution in [0, 0.1) is 4.77 Å². The monoisotopic (exact) mass is 268 g/mol. The van der Waals surface area contributed by atoms with Crippen LogP contribution in [0.3, 0.4) is 0 Å². The first-order valence-corrected chi connectivity index (χ1v) is 6.76. The van der Waals surface area contributed by atoms with Crippen LogP contribution in [0.1, 0.15) is 18.9 Å². The maximum Gasteiger partial charge on any atom is 0.195 e. The number of rotatable bonds is 2. The summed E-state index contributed by atoms with van der Waals surface area (Å²) in [6.07, 6.45) is 4.19. The van der Waals surface area contributed by atoms with Crippen LogP contribution in [0.2, 0.25) is 0 Å². The highest BCUT2D eigenvalue weighted by Gasteiger charge is 2.28. The van der Waals surface area contributed by atoms with Gasteiger partial charge in [0.1, 0.15) is 0 Å². The van der Waals surface area contributed by atoms with Gasteiger partial charge in [-0.25, -0.2) is 0 Å². The Labute approximate surface area is 115 Å². The Bertz CT molecular complexity index is 808. The second-order valence-corrected chi connectivity index (χ2v) is 5.22. The van der Waals surface area contributed by atoms with Crippen molar-refractivity contribution in [3.8, 4) is 11.4 Å². The normalized spacial score (nSPS) is 14.9. The molecule has 0 amide bonds. The Hall–Kier alpha value is -2.01. The number of para-hydroxylation sites is 1. The van der Waals surface area contributed by atoms with Crippen molar-refractivity contribution in [3.05, 3.63) is 41.3 Å². The molecule has 2 aromatic heterocycles. The highest BCUT2D eigenvalue weighted by atomic mass is 32.1. The van der Waals surface area contributed by atoms with Crippen LogP contribution in [0.4, 0.5) is 0 Å². The summed E-state index contributed by atoms with van der Waals surface area (Å²) in [5.41, 5.74) is 2.07. The van der Waals surface area contributed by atoms with Crippen molar-refractivity contribution in [1.82, 2.24) is 19.7 Å². The molecule has 0 bridgehead atoms. The molecule has 5 heteroatoms. The van der Waals surface area contributed by atoms with Gasteiger partial charge in [-0.05, 0) is 37.2 Å². The fraction of sp³-hybridized carbons (Fsp3) is 0.214. The van der Waals surface area contributed by atoms with Crippen molar-refractivity contribution < 1.29 is 0 Å². The Kier molecular flexibility index (Phi) is 2.29. The van der Waals surface area contributed by atoms with Gasteiger partial charge in [0.2, 0.25) is 0 Å². The van der Waals surface area contributed by atoms with Gasteiger partial charge in [-0.2, -0.15) is 5.10 Å². The second kappa shape index (κ2) is 3.99.